The van der Waals surface area contributed by atoms with E-state index in [0.717, 1.165) is 11.3 Å². The van der Waals surface area contributed by atoms with Gasteiger partial charge in [-0.3, -0.25) is 0 Å². The zero-order chi connectivity index (χ0) is 12.8. The molecule has 1 aromatic carbocycles. The fourth-order valence-electron chi connectivity index (χ4n) is 1.52. The number of rotatable bonds is 4. The standard InChI is InChI=1S/C14H17N3O.BrH/c1-11-4-6-12(7-5-11)9-16-14(15)17-10-13-3-2-8-18-13;/h2-8H,9-10H2,1H3,(H3,15,16,17);1H. The Balaban J connectivity index is 0.00000180. The van der Waals surface area contributed by atoms with Crippen LogP contribution in [0.2, 0.25) is 0 Å². The second kappa shape index (κ2) is 7.63. The van der Waals surface area contributed by atoms with Gasteiger partial charge in [0.25, 0.3) is 0 Å². The fraction of sp³-hybridized carbons (Fsp3) is 0.214. The molecule has 0 amide bonds. The van der Waals surface area contributed by atoms with Crippen LogP contribution >= 0.6 is 17.0 Å². The summed E-state index contributed by atoms with van der Waals surface area (Å²) >= 11 is 0. The number of benzene rings is 1. The Kier molecular flexibility index (Phi) is 6.15. The fourth-order valence-corrected chi connectivity index (χ4v) is 1.52. The van der Waals surface area contributed by atoms with Crippen molar-refractivity contribution < 1.29 is 4.42 Å². The second-order valence-electron chi connectivity index (χ2n) is 4.12. The zero-order valence-electron chi connectivity index (χ0n) is 10.8. The predicted molar refractivity (Wildman–Crippen MR) is 82.4 cm³/mol. The van der Waals surface area contributed by atoms with Crippen molar-refractivity contribution in [1.29, 1.82) is 0 Å². The topological polar surface area (TPSA) is 63.5 Å². The minimum Gasteiger partial charge on any atom is -0.467 e. The van der Waals surface area contributed by atoms with Crippen molar-refractivity contribution in [2.45, 2.75) is 20.0 Å². The van der Waals surface area contributed by atoms with E-state index in [1.165, 1.54) is 5.56 Å². The molecule has 0 aliphatic carbocycles. The lowest BCUT2D eigenvalue weighted by atomic mass is 10.1. The number of nitrogens with zero attached hydrogens (tertiary/aromatic N) is 1. The van der Waals surface area contributed by atoms with E-state index in [-0.39, 0.29) is 17.0 Å². The molecule has 4 nitrogen and oxygen atoms in total. The van der Waals surface area contributed by atoms with Gasteiger partial charge in [-0.1, -0.05) is 29.8 Å². The highest BCUT2D eigenvalue weighted by Crippen LogP contribution is 2.04. The molecule has 0 unspecified atom stereocenters. The van der Waals surface area contributed by atoms with Crippen molar-refractivity contribution in [2.75, 3.05) is 0 Å². The number of hydrogen-bond donors (Lipinski definition) is 2. The first kappa shape index (κ1) is 15.3. The molecule has 1 heterocycles. The van der Waals surface area contributed by atoms with Gasteiger partial charge in [-0.2, -0.15) is 0 Å². The summed E-state index contributed by atoms with van der Waals surface area (Å²) in [5.41, 5.74) is 8.15. The van der Waals surface area contributed by atoms with E-state index in [4.69, 9.17) is 10.2 Å². The number of guanidine groups is 1. The molecule has 5 heteroatoms. The molecular formula is C14H18BrN3O. The molecule has 0 atom stereocenters. The smallest absolute Gasteiger partial charge is 0.189 e. The van der Waals surface area contributed by atoms with Gasteiger partial charge >= 0.3 is 0 Å². The molecule has 0 saturated heterocycles. The summed E-state index contributed by atoms with van der Waals surface area (Å²) in [6.07, 6.45) is 1.64. The van der Waals surface area contributed by atoms with Gasteiger partial charge in [-0.15, -0.1) is 17.0 Å². The first-order valence-corrected chi connectivity index (χ1v) is 5.86. The normalized spacial score (nSPS) is 10.9. The lowest BCUT2D eigenvalue weighted by molar-refractivity contribution is 0.502. The SMILES string of the molecule is Br.Cc1ccc(CN=C(N)NCc2ccco2)cc1. The van der Waals surface area contributed by atoms with Crippen LogP contribution in [0.5, 0.6) is 0 Å². The number of aliphatic imine (C=N–C) groups is 1. The molecule has 102 valence electrons. The molecule has 2 aromatic rings. The molecule has 0 aliphatic rings. The summed E-state index contributed by atoms with van der Waals surface area (Å²) in [5.74, 6) is 1.26. The summed E-state index contributed by atoms with van der Waals surface area (Å²) in [6.45, 7) is 3.19. The average Bonchev–Trinajstić information content (AvgIpc) is 2.89. The Morgan fingerprint density at radius 2 is 2.00 bits per heavy atom. The van der Waals surface area contributed by atoms with Crippen molar-refractivity contribution in [3.8, 4) is 0 Å². The highest BCUT2D eigenvalue weighted by atomic mass is 79.9. The van der Waals surface area contributed by atoms with Crippen LogP contribution in [-0.4, -0.2) is 5.96 Å². The molecule has 0 spiro atoms. The van der Waals surface area contributed by atoms with Gasteiger partial charge < -0.3 is 15.5 Å². The Hall–Kier alpha value is -1.75. The second-order valence-corrected chi connectivity index (χ2v) is 4.12. The van der Waals surface area contributed by atoms with E-state index in [0.29, 0.717) is 19.0 Å². The molecule has 0 radical (unpaired) electrons. The van der Waals surface area contributed by atoms with Crippen LogP contribution in [0.1, 0.15) is 16.9 Å². The molecule has 0 bridgehead atoms. The maximum atomic E-state index is 5.77. The molecule has 3 N–H and O–H groups in total. The Bertz CT molecular complexity index is 506. The van der Waals surface area contributed by atoms with Gasteiger partial charge in [0, 0.05) is 0 Å². The predicted octanol–water partition coefficient (Wildman–Crippen LogP) is 2.77. The van der Waals surface area contributed by atoms with Crippen LogP contribution in [0, 0.1) is 6.92 Å². The van der Waals surface area contributed by atoms with Crippen molar-refractivity contribution in [3.05, 3.63) is 59.5 Å². The lowest BCUT2D eigenvalue weighted by Crippen LogP contribution is -2.30. The molecule has 0 fully saturated rings. The van der Waals surface area contributed by atoms with Gasteiger partial charge in [0.05, 0.1) is 19.4 Å². The number of aryl methyl sites for hydroxylation is 1. The minimum absolute atomic E-state index is 0. The van der Waals surface area contributed by atoms with Crippen LogP contribution in [0.3, 0.4) is 0 Å². The molecular weight excluding hydrogens is 306 g/mol. The van der Waals surface area contributed by atoms with E-state index in [1.54, 1.807) is 6.26 Å². The summed E-state index contributed by atoms with van der Waals surface area (Å²) in [7, 11) is 0. The average molecular weight is 324 g/mol. The largest absolute Gasteiger partial charge is 0.467 e. The molecule has 1 aromatic heterocycles. The molecule has 0 saturated carbocycles. The quantitative estimate of drug-likeness (QED) is 0.671. The lowest BCUT2D eigenvalue weighted by Gasteiger charge is -2.03. The van der Waals surface area contributed by atoms with Gasteiger partial charge in [-0.05, 0) is 24.6 Å². The van der Waals surface area contributed by atoms with Crippen molar-refractivity contribution in [2.24, 2.45) is 10.7 Å². The van der Waals surface area contributed by atoms with Crippen LogP contribution in [0.15, 0.2) is 52.1 Å². The highest BCUT2D eigenvalue weighted by molar-refractivity contribution is 8.93. The summed E-state index contributed by atoms with van der Waals surface area (Å²) in [6, 6.07) is 12.0. The third-order valence-electron chi connectivity index (χ3n) is 2.58. The zero-order valence-corrected chi connectivity index (χ0v) is 12.5. The van der Waals surface area contributed by atoms with Crippen molar-refractivity contribution in [1.82, 2.24) is 5.32 Å². The monoisotopic (exact) mass is 323 g/mol. The Morgan fingerprint density at radius 1 is 1.26 bits per heavy atom. The number of halogens is 1. The summed E-state index contributed by atoms with van der Waals surface area (Å²) < 4.78 is 5.19. The highest BCUT2D eigenvalue weighted by Gasteiger charge is 1.96. The van der Waals surface area contributed by atoms with Crippen LogP contribution in [0.25, 0.3) is 0 Å². The first-order chi connectivity index (χ1) is 8.74. The Morgan fingerprint density at radius 3 is 2.63 bits per heavy atom. The third-order valence-corrected chi connectivity index (χ3v) is 2.58. The number of nitrogens with two attached hydrogens (primary N) is 1. The van der Waals surface area contributed by atoms with Crippen molar-refractivity contribution in [3.63, 3.8) is 0 Å². The van der Waals surface area contributed by atoms with Gasteiger partial charge in [0.1, 0.15) is 5.76 Å². The summed E-state index contributed by atoms with van der Waals surface area (Å²) in [5, 5.41) is 3.00. The van der Waals surface area contributed by atoms with E-state index in [1.807, 2.05) is 12.1 Å². The minimum atomic E-state index is 0. The number of furan rings is 1. The van der Waals surface area contributed by atoms with Gasteiger partial charge in [0.2, 0.25) is 0 Å². The number of nitrogens with one attached hydrogen (secondary N) is 1. The van der Waals surface area contributed by atoms with E-state index < -0.39 is 0 Å². The van der Waals surface area contributed by atoms with Crippen molar-refractivity contribution >= 4 is 22.9 Å². The Labute approximate surface area is 123 Å². The van der Waals surface area contributed by atoms with E-state index in [2.05, 4.69) is 41.5 Å². The van der Waals surface area contributed by atoms with Crippen LogP contribution in [-0.2, 0) is 13.1 Å². The molecule has 19 heavy (non-hydrogen) atoms. The van der Waals surface area contributed by atoms with Gasteiger partial charge in [-0.25, -0.2) is 4.99 Å². The maximum absolute atomic E-state index is 5.77. The van der Waals surface area contributed by atoms with Crippen LogP contribution < -0.4 is 11.1 Å². The van der Waals surface area contributed by atoms with Gasteiger partial charge in [0.15, 0.2) is 5.96 Å². The molecule has 0 aliphatic heterocycles. The third kappa shape index (κ3) is 5.18. The molecule has 2 rings (SSSR count). The number of hydrogen-bond acceptors (Lipinski definition) is 2. The van der Waals surface area contributed by atoms with Crippen LogP contribution in [0.4, 0.5) is 0 Å². The van der Waals surface area contributed by atoms with E-state index >= 15 is 0 Å². The first-order valence-electron chi connectivity index (χ1n) is 5.86. The maximum Gasteiger partial charge on any atom is 0.189 e. The van der Waals surface area contributed by atoms with E-state index in [9.17, 15) is 0 Å². The summed E-state index contributed by atoms with van der Waals surface area (Å²) in [4.78, 5) is 4.27.